The quantitative estimate of drug-likeness (QED) is 0.281. The van der Waals surface area contributed by atoms with E-state index < -0.39 is 17.7 Å². The molecule has 1 fully saturated rings. The number of benzene rings is 1. The zero-order valence-corrected chi connectivity index (χ0v) is 17.9. The first kappa shape index (κ1) is 21.1. The maximum atomic E-state index is 12.9. The largest absolute Gasteiger partial charge is 0.507 e. The lowest BCUT2D eigenvalue weighted by Gasteiger charge is -2.24. The summed E-state index contributed by atoms with van der Waals surface area (Å²) in [5.74, 6) is -0.622. The van der Waals surface area contributed by atoms with Gasteiger partial charge in [0.05, 0.1) is 17.7 Å². The van der Waals surface area contributed by atoms with E-state index in [0.717, 1.165) is 24.1 Å². The minimum Gasteiger partial charge on any atom is -0.507 e. The standard InChI is InChI=1S/C23H27NO4S/c1-4-5-6-13-24-20(18-8-7-14-29-18)19(22(26)23(24)27)21(25)16-9-11-17(12-10-16)28-15(2)3/h7-12,14-15,20,25H,4-6,13H2,1-3H3/b21-19-. The molecular formula is C23H27NO4S. The van der Waals surface area contributed by atoms with Crippen LogP contribution in [0.2, 0.25) is 0 Å². The van der Waals surface area contributed by atoms with E-state index in [1.54, 1.807) is 29.2 Å². The zero-order chi connectivity index (χ0) is 21.0. The molecule has 0 spiro atoms. The first-order valence-corrected chi connectivity index (χ1v) is 10.9. The van der Waals surface area contributed by atoms with E-state index in [4.69, 9.17) is 4.74 Å². The lowest BCUT2D eigenvalue weighted by atomic mass is 9.99. The van der Waals surface area contributed by atoms with Crippen LogP contribution in [0.1, 0.15) is 56.5 Å². The minimum atomic E-state index is -0.625. The molecule has 1 N–H and O–H groups in total. The van der Waals surface area contributed by atoms with Gasteiger partial charge in [-0.3, -0.25) is 9.59 Å². The highest BCUT2D eigenvalue weighted by Crippen LogP contribution is 2.41. The highest BCUT2D eigenvalue weighted by atomic mass is 32.1. The molecule has 6 heteroatoms. The number of carbonyl (C=O) groups is 2. The Morgan fingerprint density at radius 3 is 2.48 bits per heavy atom. The molecule has 0 saturated carbocycles. The Morgan fingerprint density at radius 2 is 1.90 bits per heavy atom. The molecular weight excluding hydrogens is 386 g/mol. The predicted octanol–water partition coefficient (Wildman–Crippen LogP) is 5.15. The van der Waals surface area contributed by atoms with Crippen LogP contribution >= 0.6 is 11.3 Å². The Bertz CT molecular complexity index is 884. The molecule has 154 valence electrons. The van der Waals surface area contributed by atoms with E-state index in [-0.39, 0.29) is 17.4 Å². The first-order chi connectivity index (χ1) is 13.9. The molecule has 0 aliphatic carbocycles. The van der Waals surface area contributed by atoms with Crippen molar-refractivity contribution in [2.24, 2.45) is 0 Å². The van der Waals surface area contributed by atoms with Crippen molar-refractivity contribution in [3.8, 4) is 5.75 Å². The molecule has 1 aromatic carbocycles. The summed E-state index contributed by atoms with van der Waals surface area (Å²) >= 11 is 1.48. The average Bonchev–Trinajstić information content (AvgIpc) is 3.30. The third kappa shape index (κ3) is 4.53. The van der Waals surface area contributed by atoms with Gasteiger partial charge >= 0.3 is 0 Å². The highest BCUT2D eigenvalue weighted by molar-refractivity contribution is 7.10. The molecule has 1 saturated heterocycles. The third-order valence-electron chi connectivity index (χ3n) is 4.85. The van der Waals surface area contributed by atoms with E-state index in [2.05, 4.69) is 6.92 Å². The minimum absolute atomic E-state index is 0.0433. The van der Waals surface area contributed by atoms with Crippen LogP contribution in [0, 0.1) is 0 Å². The number of likely N-dealkylation sites (tertiary alicyclic amines) is 1. The predicted molar refractivity (Wildman–Crippen MR) is 115 cm³/mol. The summed E-state index contributed by atoms with van der Waals surface area (Å²) in [6.45, 7) is 6.47. The Morgan fingerprint density at radius 1 is 1.17 bits per heavy atom. The molecule has 1 amide bonds. The normalized spacial score (nSPS) is 18.6. The molecule has 1 unspecified atom stereocenters. The van der Waals surface area contributed by atoms with Gasteiger partial charge in [0.2, 0.25) is 0 Å². The summed E-state index contributed by atoms with van der Waals surface area (Å²) in [5.41, 5.74) is 0.653. The Kier molecular flexibility index (Phi) is 6.75. The van der Waals surface area contributed by atoms with Gasteiger partial charge in [0.1, 0.15) is 11.5 Å². The van der Waals surface area contributed by atoms with Crippen LogP contribution in [0.25, 0.3) is 5.76 Å². The lowest BCUT2D eigenvalue weighted by molar-refractivity contribution is -0.139. The van der Waals surface area contributed by atoms with Crippen LogP contribution in [0.3, 0.4) is 0 Å². The molecule has 1 aromatic heterocycles. The van der Waals surface area contributed by atoms with Crippen LogP contribution < -0.4 is 4.74 Å². The first-order valence-electron chi connectivity index (χ1n) is 10.0. The topological polar surface area (TPSA) is 66.8 Å². The van der Waals surface area contributed by atoms with Crippen molar-refractivity contribution in [1.82, 2.24) is 4.90 Å². The van der Waals surface area contributed by atoms with Crippen LogP contribution in [0.4, 0.5) is 0 Å². The zero-order valence-electron chi connectivity index (χ0n) is 17.1. The molecule has 2 aromatic rings. The summed E-state index contributed by atoms with van der Waals surface area (Å²) in [7, 11) is 0. The number of aliphatic hydroxyl groups excluding tert-OH is 1. The van der Waals surface area contributed by atoms with E-state index in [1.807, 2.05) is 31.4 Å². The number of nitrogens with zero attached hydrogens (tertiary/aromatic N) is 1. The number of thiophene rings is 1. The number of unbranched alkanes of at least 4 members (excludes halogenated alkanes) is 2. The summed E-state index contributed by atoms with van der Waals surface area (Å²) in [6.07, 6.45) is 2.88. The van der Waals surface area contributed by atoms with Crippen molar-refractivity contribution in [2.45, 2.75) is 52.2 Å². The molecule has 1 atom stereocenters. The summed E-state index contributed by atoms with van der Waals surface area (Å²) in [4.78, 5) is 28.1. The van der Waals surface area contributed by atoms with Gasteiger partial charge in [0.15, 0.2) is 0 Å². The summed E-state index contributed by atoms with van der Waals surface area (Å²) in [5, 5.41) is 12.9. The second kappa shape index (κ2) is 9.27. The van der Waals surface area contributed by atoms with Gasteiger partial charge in [0, 0.05) is 17.0 Å². The van der Waals surface area contributed by atoms with Gasteiger partial charge in [-0.1, -0.05) is 25.8 Å². The molecule has 5 nitrogen and oxygen atoms in total. The molecule has 0 bridgehead atoms. The van der Waals surface area contributed by atoms with Gasteiger partial charge in [-0.2, -0.15) is 0 Å². The maximum absolute atomic E-state index is 12.9. The molecule has 0 radical (unpaired) electrons. The number of aliphatic hydroxyl groups is 1. The van der Waals surface area contributed by atoms with E-state index in [9.17, 15) is 14.7 Å². The Hall–Kier alpha value is -2.60. The smallest absolute Gasteiger partial charge is 0.295 e. The number of rotatable bonds is 8. The van der Waals surface area contributed by atoms with Crippen LogP contribution in [-0.2, 0) is 9.59 Å². The second-order valence-corrected chi connectivity index (χ2v) is 8.39. The number of amides is 1. The fourth-order valence-electron chi connectivity index (χ4n) is 3.50. The number of hydrogen-bond donors (Lipinski definition) is 1. The van der Waals surface area contributed by atoms with Gasteiger partial charge < -0.3 is 14.7 Å². The fourth-order valence-corrected chi connectivity index (χ4v) is 4.35. The maximum Gasteiger partial charge on any atom is 0.295 e. The molecule has 1 aliphatic rings. The van der Waals surface area contributed by atoms with Crippen molar-refractivity contribution in [3.05, 3.63) is 57.8 Å². The van der Waals surface area contributed by atoms with Crippen molar-refractivity contribution in [3.63, 3.8) is 0 Å². The van der Waals surface area contributed by atoms with E-state index in [0.29, 0.717) is 17.9 Å². The van der Waals surface area contributed by atoms with Crippen molar-refractivity contribution in [2.75, 3.05) is 6.54 Å². The fraction of sp³-hybridized carbons (Fsp3) is 0.391. The monoisotopic (exact) mass is 413 g/mol. The number of ether oxygens (including phenoxy) is 1. The number of carbonyl (C=O) groups excluding carboxylic acids is 2. The van der Waals surface area contributed by atoms with E-state index in [1.165, 1.54) is 11.3 Å². The molecule has 1 aliphatic heterocycles. The lowest BCUT2D eigenvalue weighted by Crippen LogP contribution is -2.30. The SMILES string of the molecule is CCCCCN1C(=O)C(=O)/C(=C(\O)c2ccc(OC(C)C)cc2)C1c1cccs1. The number of Topliss-reactive ketones (excluding diaryl/α,β-unsaturated/α-hetero) is 1. The highest BCUT2D eigenvalue weighted by Gasteiger charge is 2.46. The van der Waals surface area contributed by atoms with Crippen molar-refractivity contribution >= 4 is 28.8 Å². The number of ketones is 1. The molecule has 29 heavy (non-hydrogen) atoms. The Balaban J connectivity index is 1.99. The second-order valence-electron chi connectivity index (χ2n) is 7.41. The Labute approximate surface area is 175 Å². The van der Waals surface area contributed by atoms with Gasteiger partial charge in [-0.05, 0) is 56.0 Å². The average molecular weight is 414 g/mol. The molecule has 3 rings (SSSR count). The van der Waals surface area contributed by atoms with Gasteiger partial charge in [0.25, 0.3) is 11.7 Å². The van der Waals surface area contributed by atoms with Crippen molar-refractivity contribution in [1.29, 1.82) is 0 Å². The van der Waals surface area contributed by atoms with Crippen LogP contribution in [0.15, 0.2) is 47.4 Å². The van der Waals surface area contributed by atoms with Gasteiger partial charge in [-0.15, -0.1) is 11.3 Å². The summed E-state index contributed by atoms with van der Waals surface area (Å²) < 4.78 is 5.64. The molecule has 2 heterocycles. The van der Waals surface area contributed by atoms with Crippen molar-refractivity contribution < 1.29 is 19.4 Å². The number of hydrogen-bond acceptors (Lipinski definition) is 5. The van der Waals surface area contributed by atoms with Crippen LogP contribution in [-0.4, -0.2) is 34.3 Å². The van der Waals surface area contributed by atoms with Crippen LogP contribution in [0.5, 0.6) is 5.75 Å². The summed E-state index contributed by atoms with van der Waals surface area (Å²) in [6, 6.07) is 10.2. The third-order valence-corrected chi connectivity index (χ3v) is 5.78. The van der Waals surface area contributed by atoms with Gasteiger partial charge in [-0.25, -0.2) is 0 Å². The van der Waals surface area contributed by atoms with E-state index >= 15 is 0 Å².